The Balaban J connectivity index is 1.90. The van der Waals surface area contributed by atoms with Crippen LogP contribution in [0.5, 0.6) is 0 Å². The van der Waals surface area contributed by atoms with Crippen LogP contribution in [0.2, 0.25) is 0 Å². The Labute approximate surface area is 197 Å². The molecule has 180 valence electrons. The molecule has 3 rings (SSSR count). The second kappa shape index (κ2) is 9.41. The number of ether oxygens (including phenoxy) is 1. The van der Waals surface area contributed by atoms with Gasteiger partial charge in [0, 0.05) is 36.3 Å². The summed E-state index contributed by atoms with van der Waals surface area (Å²) in [6, 6.07) is 0. The van der Waals surface area contributed by atoms with Crippen LogP contribution in [0.25, 0.3) is 0 Å². The second-order valence-electron chi connectivity index (χ2n) is 11.2. The minimum Gasteiger partial charge on any atom is -0.378 e. The molecule has 1 aliphatic heterocycles. The maximum absolute atomic E-state index is 13.7. The number of aromatic nitrogens is 1. The quantitative estimate of drug-likeness (QED) is 0.651. The molecule has 0 spiro atoms. The Kier molecular flexibility index (Phi) is 7.40. The average Bonchev–Trinajstić information content (AvgIpc) is 3.25. The molecule has 1 aromatic rings. The lowest BCUT2D eigenvalue weighted by Gasteiger charge is -2.40. The van der Waals surface area contributed by atoms with Crippen molar-refractivity contribution < 1.29 is 14.3 Å². The zero-order valence-electron chi connectivity index (χ0n) is 21.0. The van der Waals surface area contributed by atoms with Gasteiger partial charge in [-0.2, -0.15) is 0 Å². The summed E-state index contributed by atoms with van der Waals surface area (Å²) in [6.07, 6.45) is 6.71. The van der Waals surface area contributed by atoms with Crippen molar-refractivity contribution in [1.82, 2.24) is 8.86 Å². The monoisotopic (exact) mass is 463 g/mol. The van der Waals surface area contributed by atoms with Gasteiger partial charge in [0.1, 0.15) is 4.67 Å². The van der Waals surface area contributed by atoms with E-state index in [9.17, 15) is 9.59 Å². The van der Waals surface area contributed by atoms with Crippen LogP contribution in [-0.2, 0) is 26.3 Å². The number of carbonyl (C=O) groups is 2. The SMILES string of the molecule is CCCCc1cn(C(C)(C)C)sc1=NC(=O)C1(C)CCC(C(=O)N2CCOCC2)C1(C)C. The number of amides is 2. The van der Waals surface area contributed by atoms with E-state index in [1.807, 2.05) is 11.8 Å². The summed E-state index contributed by atoms with van der Waals surface area (Å²) in [5.41, 5.74) is -0.00288. The lowest BCUT2D eigenvalue weighted by Crippen LogP contribution is -2.49. The normalized spacial score (nSPS) is 26.5. The van der Waals surface area contributed by atoms with Gasteiger partial charge in [-0.1, -0.05) is 34.1 Å². The van der Waals surface area contributed by atoms with Gasteiger partial charge in [0.05, 0.1) is 18.6 Å². The molecule has 6 nitrogen and oxygen atoms in total. The number of aryl methyl sites for hydroxylation is 1. The largest absolute Gasteiger partial charge is 0.378 e. The highest BCUT2D eigenvalue weighted by Gasteiger charge is 2.58. The second-order valence-corrected chi connectivity index (χ2v) is 12.1. The molecule has 1 saturated carbocycles. The first-order valence-corrected chi connectivity index (χ1v) is 12.9. The van der Waals surface area contributed by atoms with Gasteiger partial charge in [-0.3, -0.25) is 13.5 Å². The van der Waals surface area contributed by atoms with Crippen LogP contribution in [0.15, 0.2) is 11.2 Å². The first kappa shape index (κ1) is 25.2. The summed E-state index contributed by atoms with van der Waals surface area (Å²) in [6.45, 7) is 17.3. The average molecular weight is 464 g/mol. The van der Waals surface area contributed by atoms with Crippen LogP contribution < -0.4 is 4.67 Å². The molecule has 1 saturated heterocycles. The molecular formula is C25H41N3O3S. The predicted octanol–water partition coefficient (Wildman–Crippen LogP) is 4.38. The predicted molar refractivity (Wildman–Crippen MR) is 128 cm³/mol. The number of nitrogens with zero attached hydrogens (tertiary/aromatic N) is 3. The first-order valence-electron chi connectivity index (χ1n) is 12.1. The molecule has 2 fully saturated rings. The zero-order valence-corrected chi connectivity index (χ0v) is 21.8. The minimum absolute atomic E-state index is 0.0470. The zero-order chi connectivity index (χ0) is 23.7. The van der Waals surface area contributed by atoms with Crippen molar-refractivity contribution in [2.75, 3.05) is 26.3 Å². The van der Waals surface area contributed by atoms with Gasteiger partial charge in [0.2, 0.25) is 5.91 Å². The van der Waals surface area contributed by atoms with E-state index < -0.39 is 10.8 Å². The summed E-state index contributed by atoms with van der Waals surface area (Å²) in [5.74, 6) is -0.0762. The molecule has 0 N–H and O–H groups in total. The fraction of sp³-hybridized carbons (Fsp3) is 0.800. The number of hydrogen-bond acceptors (Lipinski definition) is 4. The van der Waals surface area contributed by atoms with Crippen LogP contribution in [0, 0.1) is 16.7 Å². The van der Waals surface area contributed by atoms with Crippen molar-refractivity contribution in [3.8, 4) is 0 Å². The van der Waals surface area contributed by atoms with Gasteiger partial charge in [0.25, 0.3) is 5.91 Å². The summed E-state index contributed by atoms with van der Waals surface area (Å²) in [4.78, 5) is 33.6. The molecular weight excluding hydrogens is 422 g/mol. The number of carbonyl (C=O) groups excluding carboxylic acids is 2. The number of hydrogen-bond donors (Lipinski definition) is 0. The molecule has 1 aliphatic carbocycles. The maximum Gasteiger partial charge on any atom is 0.253 e. The summed E-state index contributed by atoms with van der Waals surface area (Å²) in [5, 5.41) is 0. The van der Waals surface area contributed by atoms with E-state index >= 15 is 0 Å². The van der Waals surface area contributed by atoms with Crippen LogP contribution in [0.1, 0.15) is 79.7 Å². The highest BCUT2D eigenvalue weighted by Crippen LogP contribution is 2.57. The molecule has 0 aromatic carbocycles. The van der Waals surface area contributed by atoms with Gasteiger partial charge in [0.15, 0.2) is 0 Å². The Morgan fingerprint density at radius 1 is 1.22 bits per heavy atom. The molecule has 2 atom stereocenters. The molecule has 0 radical (unpaired) electrons. The van der Waals surface area contributed by atoms with Crippen molar-refractivity contribution in [3.63, 3.8) is 0 Å². The summed E-state index contributed by atoms with van der Waals surface area (Å²) >= 11 is 1.57. The molecule has 0 bridgehead atoms. The van der Waals surface area contributed by atoms with E-state index in [2.05, 4.69) is 51.7 Å². The topological polar surface area (TPSA) is 63.9 Å². The number of rotatable bonds is 5. The fourth-order valence-electron chi connectivity index (χ4n) is 4.87. The van der Waals surface area contributed by atoms with E-state index in [-0.39, 0.29) is 23.3 Å². The maximum atomic E-state index is 13.7. The third-order valence-corrected chi connectivity index (χ3v) is 9.09. The van der Waals surface area contributed by atoms with Gasteiger partial charge in [-0.05, 0) is 63.4 Å². The molecule has 1 aromatic heterocycles. The van der Waals surface area contributed by atoms with Crippen molar-refractivity contribution in [2.24, 2.45) is 21.7 Å². The molecule has 2 aliphatic rings. The van der Waals surface area contributed by atoms with Crippen LogP contribution in [0.4, 0.5) is 0 Å². The van der Waals surface area contributed by atoms with Crippen LogP contribution >= 0.6 is 11.5 Å². The summed E-state index contributed by atoms with van der Waals surface area (Å²) < 4.78 is 8.45. The van der Waals surface area contributed by atoms with Crippen molar-refractivity contribution >= 4 is 23.3 Å². The molecule has 7 heteroatoms. The standard InChI is InChI=1S/C25H41N3O3S/c1-8-9-10-18-17-28(23(2,3)4)32-20(18)26-22(30)25(7)12-11-19(24(25,5)6)21(29)27-13-15-31-16-14-27/h17,19H,8-16H2,1-7H3. The van der Waals surface area contributed by atoms with Gasteiger partial charge >= 0.3 is 0 Å². The van der Waals surface area contributed by atoms with E-state index in [1.54, 1.807) is 11.5 Å². The van der Waals surface area contributed by atoms with Gasteiger partial charge in [-0.25, -0.2) is 4.99 Å². The van der Waals surface area contributed by atoms with Crippen molar-refractivity contribution in [2.45, 2.75) is 86.1 Å². The highest BCUT2D eigenvalue weighted by atomic mass is 32.1. The Bertz CT molecular complexity index is 902. The highest BCUT2D eigenvalue weighted by molar-refractivity contribution is 7.04. The number of morpholine rings is 1. The lowest BCUT2D eigenvalue weighted by molar-refractivity contribution is -0.146. The Hall–Kier alpha value is -1.47. The van der Waals surface area contributed by atoms with Gasteiger partial charge < -0.3 is 9.64 Å². The van der Waals surface area contributed by atoms with Crippen LogP contribution in [0.3, 0.4) is 0 Å². The van der Waals surface area contributed by atoms with E-state index in [0.717, 1.165) is 35.9 Å². The van der Waals surface area contributed by atoms with Crippen molar-refractivity contribution in [3.05, 3.63) is 16.4 Å². The fourth-order valence-corrected chi connectivity index (χ4v) is 5.91. The first-order chi connectivity index (χ1) is 14.9. The smallest absolute Gasteiger partial charge is 0.253 e. The molecule has 2 heterocycles. The Morgan fingerprint density at radius 2 is 1.88 bits per heavy atom. The third-order valence-electron chi connectivity index (χ3n) is 7.72. The summed E-state index contributed by atoms with van der Waals surface area (Å²) in [7, 11) is 0. The molecule has 2 unspecified atom stereocenters. The van der Waals surface area contributed by atoms with E-state index in [0.29, 0.717) is 32.7 Å². The Morgan fingerprint density at radius 3 is 2.47 bits per heavy atom. The van der Waals surface area contributed by atoms with Gasteiger partial charge in [-0.15, -0.1) is 0 Å². The minimum atomic E-state index is -0.655. The van der Waals surface area contributed by atoms with Crippen LogP contribution in [-0.4, -0.2) is 47.0 Å². The molecule has 32 heavy (non-hydrogen) atoms. The molecule has 2 amide bonds. The lowest BCUT2D eigenvalue weighted by atomic mass is 9.65. The van der Waals surface area contributed by atoms with E-state index in [4.69, 9.17) is 9.73 Å². The van der Waals surface area contributed by atoms with Crippen molar-refractivity contribution in [1.29, 1.82) is 0 Å². The van der Waals surface area contributed by atoms with E-state index in [1.165, 1.54) is 0 Å². The third kappa shape index (κ3) is 4.74. The number of unbranched alkanes of at least 4 members (excludes halogenated alkanes) is 1.